The van der Waals surface area contributed by atoms with Gasteiger partial charge in [-0.05, 0) is 12.1 Å². The van der Waals surface area contributed by atoms with E-state index < -0.39 is 12.0 Å². The zero-order valence-corrected chi connectivity index (χ0v) is 14.0. The highest BCUT2D eigenvalue weighted by Gasteiger charge is 2.37. The summed E-state index contributed by atoms with van der Waals surface area (Å²) in [5, 5.41) is 0.634. The van der Waals surface area contributed by atoms with Crippen LogP contribution in [0.15, 0.2) is 17.1 Å². The van der Waals surface area contributed by atoms with Crippen LogP contribution in [0.4, 0.5) is 0 Å². The Bertz CT molecular complexity index is 684. The van der Waals surface area contributed by atoms with Gasteiger partial charge in [0.1, 0.15) is 12.4 Å². The molecule has 116 valence electrons. The summed E-state index contributed by atoms with van der Waals surface area (Å²) in [6.07, 6.45) is 5.16. The molecule has 6 heteroatoms. The molecule has 1 aromatic rings. The number of esters is 1. The lowest BCUT2D eigenvalue weighted by atomic mass is 9.97. The molecule has 0 N–H and O–H groups in total. The second-order valence-corrected chi connectivity index (χ2v) is 6.62. The number of rotatable bonds is 3. The number of halogens is 2. The van der Waals surface area contributed by atoms with E-state index in [-0.39, 0.29) is 12.0 Å². The second kappa shape index (κ2) is 6.20. The topological polar surface area (TPSA) is 47.9 Å². The predicted octanol–water partition coefficient (Wildman–Crippen LogP) is 4.05. The number of carbonyl (C=O) groups is 1. The molecule has 1 heterocycles. The van der Waals surface area contributed by atoms with Gasteiger partial charge in [-0.15, -0.1) is 6.42 Å². The standard InChI is InChI=1S/C16H15Cl2NO3/c1-5-6-21-12-7-9(10(17)8-11(12)18)13-14(20)22-15(19-13)16(2,3)4/h1,7-8,13H,6H2,2-4H3. The minimum atomic E-state index is -0.827. The average Bonchev–Trinajstić information content (AvgIpc) is 2.80. The number of cyclic esters (lactones) is 1. The molecule has 0 amide bonds. The Labute approximate surface area is 139 Å². The molecule has 1 unspecified atom stereocenters. The molecule has 1 atom stereocenters. The Morgan fingerprint density at radius 2 is 2.05 bits per heavy atom. The molecule has 0 aliphatic carbocycles. The summed E-state index contributed by atoms with van der Waals surface area (Å²) in [6, 6.07) is 2.25. The predicted molar refractivity (Wildman–Crippen MR) is 86.5 cm³/mol. The molecule has 0 radical (unpaired) electrons. The van der Waals surface area contributed by atoms with E-state index in [1.807, 2.05) is 20.8 Å². The quantitative estimate of drug-likeness (QED) is 0.616. The number of benzene rings is 1. The maximum Gasteiger partial charge on any atom is 0.342 e. The van der Waals surface area contributed by atoms with Crippen molar-refractivity contribution < 1.29 is 14.3 Å². The van der Waals surface area contributed by atoms with E-state index in [1.54, 1.807) is 6.07 Å². The molecular formula is C16H15Cl2NO3. The summed E-state index contributed by atoms with van der Waals surface area (Å²) in [7, 11) is 0. The first-order valence-electron chi connectivity index (χ1n) is 6.59. The number of nitrogens with zero attached hydrogens (tertiary/aromatic N) is 1. The molecule has 4 nitrogen and oxygen atoms in total. The van der Waals surface area contributed by atoms with Crippen molar-refractivity contribution in [2.75, 3.05) is 6.61 Å². The molecule has 0 spiro atoms. The van der Waals surface area contributed by atoms with Gasteiger partial charge in [0, 0.05) is 16.0 Å². The van der Waals surface area contributed by atoms with Crippen LogP contribution in [0, 0.1) is 17.8 Å². The molecule has 22 heavy (non-hydrogen) atoms. The molecular weight excluding hydrogens is 325 g/mol. The van der Waals surface area contributed by atoms with E-state index in [2.05, 4.69) is 10.9 Å². The van der Waals surface area contributed by atoms with Crippen LogP contribution in [0.5, 0.6) is 5.75 Å². The molecule has 1 aromatic carbocycles. The van der Waals surface area contributed by atoms with Crippen LogP contribution >= 0.6 is 23.2 Å². The van der Waals surface area contributed by atoms with Gasteiger partial charge in [-0.25, -0.2) is 9.79 Å². The van der Waals surface area contributed by atoms with Gasteiger partial charge < -0.3 is 9.47 Å². The zero-order valence-electron chi connectivity index (χ0n) is 12.4. The molecule has 0 saturated heterocycles. The maximum absolute atomic E-state index is 12.1. The van der Waals surface area contributed by atoms with Crippen molar-refractivity contribution in [1.29, 1.82) is 0 Å². The molecule has 1 aliphatic heterocycles. The summed E-state index contributed by atoms with van der Waals surface area (Å²) in [5.41, 5.74) is 0.105. The van der Waals surface area contributed by atoms with Crippen molar-refractivity contribution in [3.63, 3.8) is 0 Å². The highest BCUT2D eigenvalue weighted by Crippen LogP contribution is 2.39. The monoisotopic (exact) mass is 339 g/mol. The van der Waals surface area contributed by atoms with Crippen molar-refractivity contribution in [3.05, 3.63) is 27.7 Å². The number of terminal acetylenes is 1. The number of hydrogen-bond donors (Lipinski definition) is 0. The first-order valence-corrected chi connectivity index (χ1v) is 7.35. The number of ether oxygens (including phenoxy) is 2. The van der Waals surface area contributed by atoms with Crippen LogP contribution in [0.1, 0.15) is 32.4 Å². The summed E-state index contributed by atoms with van der Waals surface area (Å²) < 4.78 is 10.6. The highest BCUT2D eigenvalue weighted by atomic mass is 35.5. The van der Waals surface area contributed by atoms with Gasteiger partial charge in [0.15, 0.2) is 11.9 Å². The summed E-state index contributed by atoms with van der Waals surface area (Å²) in [4.78, 5) is 16.4. The van der Waals surface area contributed by atoms with E-state index >= 15 is 0 Å². The molecule has 1 aliphatic rings. The Balaban J connectivity index is 2.42. The Hall–Kier alpha value is -1.70. The minimum absolute atomic E-state index is 0.0619. The lowest BCUT2D eigenvalue weighted by Crippen LogP contribution is -2.21. The van der Waals surface area contributed by atoms with Gasteiger partial charge >= 0.3 is 5.97 Å². The third kappa shape index (κ3) is 3.37. The maximum atomic E-state index is 12.1. The van der Waals surface area contributed by atoms with Crippen LogP contribution in [-0.2, 0) is 9.53 Å². The Morgan fingerprint density at radius 1 is 1.36 bits per heavy atom. The summed E-state index contributed by atoms with van der Waals surface area (Å²) >= 11 is 12.2. The average molecular weight is 340 g/mol. The van der Waals surface area contributed by atoms with Gasteiger partial charge in [0.25, 0.3) is 0 Å². The van der Waals surface area contributed by atoms with Crippen LogP contribution < -0.4 is 4.74 Å². The van der Waals surface area contributed by atoms with Crippen LogP contribution in [0.3, 0.4) is 0 Å². The third-order valence-corrected chi connectivity index (χ3v) is 3.59. The van der Waals surface area contributed by atoms with Crippen molar-refractivity contribution in [3.8, 4) is 18.1 Å². The fourth-order valence-electron chi connectivity index (χ4n) is 1.88. The number of hydrogen-bond acceptors (Lipinski definition) is 4. The fourth-order valence-corrected chi connectivity index (χ4v) is 2.42. The Kier molecular flexibility index (Phi) is 4.69. The van der Waals surface area contributed by atoms with Crippen LogP contribution in [-0.4, -0.2) is 18.5 Å². The van der Waals surface area contributed by atoms with E-state index in [1.165, 1.54) is 6.07 Å². The molecule has 0 aromatic heterocycles. The van der Waals surface area contributed by atoms with Gasteiger partial charge in [-0.2, -0.15) is 0 Å². The SMILES string of the molecule is C#CCOc1cc(C2N=C(C(C)(C)C)OC2=O)c(Cl)cc1Cl. The van der Waals surface area contributed by atoms with Gasteiger partial charge in [-0.1, -0.05) is 49.9 Å². The number of aliphatic imine (C=N–C) groups is 1. The van der Waals surface area contributed by atoms with E-state index in [0.29, 0.717) is 27.3 Å². The normalized spacial score (nSPS) is 17.7. The minimum Gasteiger partial charge on any atom is -0.479 e. The first kappa shape index (κ1) is 16.7. The molecule has 0 fully saturated rings. The summed E-state index contributed by atoms with van der Waals surface area (Å²) in [6.45, 7) is 5.79. The lowest BCUT2D eigenvalue weighted by Gasteiger charge is -2.15. The lowest BCUT2D eigenvalue weighted by molar-refractivity contribution is -0.135. The first-order chi connectivity index (χ1) is 10.2. The molecule has 0 bridgehead atoms. The highest BCUT2D eigenvalue weighted by molar-refractivity contribution is 6.36. The molecule has 0 saturated carbocycles. The van der Waals surface area contributed by atoms with Gasteiger partial charge in [0.05, 0.1) is 5.02 Å². The van der Waals surface area contributed by atoms with Gasteiger partial charge in [-0.3, -0.25) is 0 Å². The van der Waals surface area contributed by atoms with Gasteiger partial charge in [0.2, 0.25) is 0 Å². The van der Waals surface area contributed by atoms with E-state index in [9.17, 15) is 4.79 Å². The van der Waals surface area contributed by atoms with Crippen molar-refractivity contribution >= 4 is 35.1 Å². The van der Waals surface area contributed by atoms with Crippen LogP contribution in [0.25, 0.3) is 0 Å². The van der Waals surface area contributed by atoms with Crippen molar-refractivity contribution in [2.24, 2.45) is 10.4 Å². The third-order valence-electron chi connectivity index (χ3n) is 2.97. The zero-order chi connectivity index (χ0) is 16.5. The van der Waals surface area contributed by atoms with Crippen LogP contribution in [0.2, 0.25) is 10.0 Å². The second-order valence-electron chi connectivity index (χ2n) is 5.80. The van der Waals surface area contributed by atoms with Crippen molar-refractivity contribution in [2.45, 2.75) is 26.8 Å². The number of carbonyl (C=O) groups excluding carboxylic acids is 1. The fraction of sp³-hybridized carbons (Fsp3) is 0.375. The Morgan fingerprint density at radius 3 is 2.59 bits per heavy atom. The van der Waals surface area contributed by atoms with E-state index in [4.69, 9.17) is 39.1 Å². The summed E-state index contributed by atoms with van der Waals surface area (Å²) in [5.74, 6) is 2.60. The molecule has 2 rings (SSSR count). The van der Waals surface area contributed by atoms with E-state index in [0.717, 1.165) is 0 Å². The largest absolute Gasteiger partial charge is 0.479 e. The smallest absolute Gasteiger partial charge is 0.342 e. The van der Waals surface area contributed by atoms with Crippen molar-refractivity contribution in [1.82, 2.24) is 0 Å².